The van der Waals surface area contributed by atoms with Crippen molar-refractivity contribution in [2.45, 2.75) is 96.9 Å². The first-order chi connectivity index (χ1) is 16.0. The second kappa shape index (κ2) is 11.0. The first-order valence-electron chi connectivity index (χ1n) is 13.0. The van der Waals surface area contributed by atoms with Gasteiger partial charge >= 0.3 is 0 Å². The van der Waals surface area contributed by atoms with Crippen molar-refractivity contribution < 1.29 is 4.79 Å². The van der Waals surface area contributed by atoms with Crippen molar-refractivity contribution in [1.29, 1.82) is 5.26 Å². The average Bonchev–Trinajstić information content (AvgIpc) is 2.78. The van der Waals surface area contributed by atoms with Crippen molar-refractivity contribution in [3.63, 3.8) is 0 Å². The van der Waals surface area contributed by atoms with E-state index in [1.807, 2.05) is 6.07 Å². The first kappa shape index (κ1) is 26.4. The summed E-state index contributed by atoms with van der Waals surface area (Å²) in [6, 6.07) is 4.37. The van der Waals surface area contributed by atoms with Gasteiger partial charge in [-0.05, 0) is 44.6 Å². The van der Waals surface area contributed by atoms with Crippen LogP contribution in [0.3, 0.4) is 0 Å². The molecule has 2 heterocycles. The van der Waals surface area contributed by atoms with Crippen LogP contribution in [0.1, 0.15) is 91.6 Å². The molecule has 1 aromatic heterocycles. The Morgan fingerprint density at radius 3 is 2.24 bits per heavy atom. The number of nitriles is 1. The summed E-state index contributed by atoms with van der Waals surface area (Å²) in [4.78, 5) is 26.5. The van der Waals surface area contributed by atoms with E-state index in [0.717, 1.165) is 68.8 Å². The van der Waals surface area contributed by atoms with E-state index < -0.39 is 0 Å². The van der Waals surface area contributed by atoms with Crippen LogP contribution in [0, 0.1) is 17.2 Å². The number of carbonyl (C=O) groups is 1. The topological polar surface area (TPSA) is 85.1 Å². The molecule has 3 rings (SSSR count). The van der Waals surface area contributed by atoms with Crippen molar-refractivity contribution in [3.05, 3.63) is 17.6 Å². The number of nitrogens with one attached hydrogen (secondary N) is 1. The summed E-state index contributed by atoms with van der Waals surface area (Å²) in [5, 5.41) is 11.7. The molecule has 1 N–H and O–H groups in total. The fraction of sp³-hybridized carbons (Fsp3) is 0.778. The number of aromatic nitrogens is 2. The summed E-state index contributed by atoms with van der Waals surface area (Å²) in [6.45, 7) is 18.5. The summed E-state index contributed by atoms with van der Waals surface area (Å²) in [6.07, 6.45) is 5.61. The fourth-order valence-corrected chi connectivity index (χ4v) is 4.83. The standard InChI is InChI=1S/C27H44N6O/c1-26(2,3)22-19-23(31-25(30-22)27(4,5)6)33-17-15-32(16-18-33)14-12-20-7-9-21(10-8-20)29-24(34)11-13-28/h19-21H,7-12,14-18H2,1-6H3,(H,29,34)/t20-,21-. The Morgan fingerprint density at radius 2 is 1.68 bits per heavy atom. The highest BCUT2D eigenvalue weighted by Gasteiger charge is 2.27. The SMILES string of the molecule is CC(C)(C)c1cc(N2CCN(CC[C@H]3CC[C@H](NC(=O)CC#N)CC3)CC2)nc(C(C)(C)C)n1. The Labute approximate surface area is 206 Å². The van der Waals surface area contributed by atoms with Gasteiger partial charge in [0.05, 0.1) is 11.8 Å². The molecule has 7 nitrogen and oxygen atoms in total. The lowest BCUT2D eigenvalue weighted by Gasteiger charge is -2.37. The van der Waals surface area contributed by atoms with Crippen molar-refractivity contribution in [2.75, 3.05) is 37.6 Å². The molecule has 1 aliphatic carbocycles. The number of piperazine rings is 1. The summed E-state index contributed by atoms with van der Waals surface area (Å²) in [7, 11) is 0. The van der Waals surface area contributed by atoms with E-state index in [2.05, 4.69) is 62.7 Å². The average molecular weight is 469 g/mol. The lowest BCUT2D eigenvalue weighted by atomic mass is 9.84. The molecule has 0 atom stereocenters. The minimum atomic E-state index is -0.128. The third kappa shape index (κ3) is 7.40. The van der Waals surface area contributed by atoms with Crippen LogP contribution in [0.4, 0.5) is 5.82 Å². The Morgan fingerprint density at radius 1 is 1.03 bits per heavy atom. The minimum Gasteiger partial charge on any atom is -0.354 e. The highest BCUT2D eigenvalue weighted by molar-refractivity contribution is 5.78. The Bertz CT molecular complexity index is 830. The molecule has 7 heteroatoms. The Hall–Kier alpha value is -2.20. The summed E-state index contributed by atoms with van der Waals surface area (Å²) in [5.74, 6) is 2.61. The molecule has 0 radical (unpaired) electrons. The third-order valence-electron chi connectivity index (χ3n) is 7.15. The summed E-state index contributed by atoms with van der Waals surface area (Å²) < 4.78 is 0. The van der Waals surface area contributed by atoms with Crippen LogP contribution in [0.25, 0.3) is 0 Å². The van der Waals surface area contributed by atoms with E-state index in [1.54, 1.807) is 0 Å². The van der Waals surface area contributed by atoms with Gasteiger partial charge in [0.2, 0.25) is 5.91 Å². The summed E-state index contributed by atoms with van der Waals surface area (Å²) >= 11 is 0. The zero-order valence-corrected chi connectivity index (χ0v) is 22.2. The lowest BCUT2D eigenvalue weighted by Crippen LogP contribution is -2.47. The van der Waals surface area contributed by atoms with Gasteiger partial charge in [-0.25, -0.2) is 9.97 Å². The molecule has 0 bridgehead atoms. The van der Waals surface area contributed by atoms with Crippen LogP contribution in [0.5, 0.6) is 0 Å². The second-order valence-electron chi connectivity index (χ2n) is 12.2. The van der Waals surface area contributed by atoms with Crippen molar-refractivity contribution >= 4 is 11.7 Å². The van der Waals surface area contributed by atoms with Crippen LogP contribution in [-0.2, 0) is 15.6 Å². The van der Waals surface area contributed by atoms with E-state index in [4.69, 9.17) is 15.2 Å². The van der Waals surface area contributed by atoms with Gasteiger partial charge in [0, 0.05) is 49.1 Å². The monoisotopic (exact) mass is 468 g/mol. The van der Waals surface area contributed by atoms with Gasteiger partial charge in [-0.1, -0.05) is 41.5 Å². The summed E-state index contributed by atoms with van der Waals surface area (Å²) in [5.41, 5.74) is 1.04. The fourth-order valence-electron chi connectivity index (χ4n) is 4.83. The van der Waals surface area contributed by atoms with Crippen LogP contribution in [-0.4, -0.2) is 59.5 Å². The Balaban J connectivity index is 1.48. The largest absolute Gasteiger partial charge is 0.354 e. The van der Waals surface area contributed by atoms with Gasteiger partial charge in [0.1, 0.15) is 18.1 Å². The van der Waals surface area contributed by atoms with Gasteiger partial charge in [-0.2, -0.15) is 5.26 Å². The first-order valence-corrected chi connectivity index (χ1v) is 13.0. The molecule has 1 aliphatic heterocycles. The molecule has 0 unspecified atom stereocenters. The van der Waals surface area contributed by atoms with E-state index in [9.17, 15) is 4.79 Å². The zero-order chi connectivity index (χ0) is 24.9. The van der Waals surface area contributed by atoms with Crippen molar-refractivity contribution in [3.8, 4) is 6.07 Å². The van der Waals surface area contributed by atoms with Gasteiger partial charge < -0.3 is 10.2 Å². The number of carbonyl (C=O) groups excluding carboxylic acids is 1. The molecular formula is C27H44N6O. The smallest absolute Gasteiger partial charge is 0.234 e. The quantitative estimate of drug-likeness (QED) is 0.674. The second-order valence-corrected chi connectivity index (χ2v) is 12.2. The zero-order valence-electron chi connectivity index (χ0n) is 22.2. The predicted octanol–water partition coefficient (Wildman–Crippen LogP) is 4.17. The number of anilines is 1. The van der Waals surface area contributed by atoms with Gasteiger partial charge in [-0.15, -0.1) is 0 Å². The number of amides is 1. The van der Waals surface area contributed by atoms with Gasteiger partial charge in [0.15, 0.2) is 0 Å². The van der Waals surface area contributed by atoms with Gasteiger partial charge in [-0.3, -0.25) is 9.69 Å². The van der Waals surface area contributed by atoms with E-state index in [1.165, 1.54) is 19.3 Å². The third-order valence-corrected chi connectivity index (χ3v) is 7.15. The van der Waals surface area contributed by atoms with Crippen molar-refractivity contribution in [2.24, 2.45) is 5.92 Å². The maximum atomic E-state index is 11.6. The molecule has 1 aromatic rings. The normalized spacial score (nSPS) is 22.3. The van der Waals surface area contributed by atoms with E-state index in [0.29, 0.717) is 0 Å². The van der Waals surface area contributed by atoms with Crippen LogP contribution >= 0.6 is 0 Å². The molecule has 1 saturated heterocycles. The van der Waals surface area contributed by atoms with Gasteiger partial charge in [0.25, 0.3) is 0 Å². The van der Waals surface area contributed by atoms with Crippen LogP contribution in [0.2, 0.25) is 0 Å². The van der Waals surface area contributed by atoms with E-state index in [-0.39, 0.29) is 29.2 Å². The number of rotatable bonds is 6. The number of hydrogen-bond donors (Lipinski definition) is 1. The molecule has 2 fully saturated rings. The molecule has 34 heavy (non-hydrogen) atoms. The minimum absolute atomic E-state index is 0.00293. The number of hydrogen-bond acceptors (Lipinski definition) is 6. The molecular weight excluding hydrogens is 424 g/mol. The van der Waals surface area contributed by atoms with Crippen LogP contribution < -0.4 is 10.2 Å². The molecule has 188 valence electrons. The number of nitrogens with zero attached hydrogens (tertiary/aromatic N) is 5. The molecule has 2 aliphatic rings. The molecule has 1 amide bonds. The molecule has 0 aromatic carbocycles. The maximum absolute atomic E-state index is 11.6. The molecule has 0 spiro atoms. The highest BCUT2D eigenvalue weighted by Crippen LogP contribution is 2.29. The maximum Gasteiger partial charge on any atom is 0.234 e. The predicted molar refractivity (Wildman–Crippen MR) is 137 cm³/mol. The van der Waals surface area contributed by atoms with Crippen LogP contribution in [0.15, 0.2) is 6.07 Å². The lowest BCUT2D eigenvalue weighted by molar-refractivity contribution is -0.121. The Kier molecular flexibility index (Phi) is 8.57. The highest BCUT2D eigenvalue weighted by atomic mass is 16.1. The van der Waals surface area contributed by atoms with Crippen molar-refractivity contribution in [1.82, 2.24) is 20.2 Å². The molecule has 1 saturated carbocycles. The van der Waals surface area contributed by atoms with E-state index >= 15 is 0 Å².